The fourth-order valence-electron chi connectivity index (χ4n) is 3.87. The zero-order chi connectivity index (χ0) is 19.4. The number of rotatable bonds is 5. The van der Waals surface area contributed by atoms with Crippen molar-refractivity contribution in [3.05, 3.63) is 33.8 Å². The maximum atomic E-state index is 12.8. The normalized spacial score (nSPS) is 20.5. The van der Waals surface area contributed by atoms with Gasteiger partial charge in [-0.1, -0.05) is 12.5 Å². The Hall–Kier alpha value is -2.15. The number of hydrogen-bond acceptors (Lipinski definition) is 5. The van der Waals surface area contributed by atoms with Crippen LogP contribution in [0.1, 0.15) is 44.2 Å². The summed E-state index contributed by atoms with van der Waals surface area (Å²) < 4.78 is 0. The summed E-state index contributed by atoms with van der Waals surface area (Å²) >= 11 is 0. The monoisotopic (exact) mass is 373 g/mol. The van der Waals surface area contributed by atoms with Crippen LogP contribution >= 0.6 is 0 Å². The first-order valence-corrected chi connectivity index (χ1v) is 9.90. The van der Waals surface area contributed by atoms with Crippen molar-refractivity contribution in [1.82, 2.24) is 19.8 Å². The molecule has 0 spiro atoms. The second-order valence-corrected chi connectivity index (χ2v) is 7.89. The average molecular weight is 374 g/mol. The minimum absolute atomic E-state index is 0.138. The highest BCUT2D eigenvalue weighted by atomic mass is 16.2. The Labute approximate surface area is 161 Å². The standard InChI is InChI=1S/C20H31N5O2/c1-23(2)20-21-16(12-18(26)22-20)13-24(3)17-10-11-25(14-17)19(27)15-8-6-4-5-7-9-15/h8,12,17H,4-7,9-11,13-14H2,1-3H3,(H,21,22,26)/t17-/m0/s1. The molecule has 1 aromatic rings. The Morgan fingerprint density at radius 1 is 1.30 bits per heavy atom. The summed E-state index contributed by atoms with van der Waals surface area (Å²) in [5, 5.41) is 0. The van der Waals surface area contributed by atoms with E-state index in [2.05, 4.69) is 20.9 Å². The first-order valence-electron chi connectivity index (χ1n) is 9.90. The highest BCUT2D eigenvalue weighted by Crippen LogP contribution is 2.23. The van der Waals surface area contributed by atoms with Gasteiger partial charge in [0, 0.05) is 51.4 Å². The molecule has 0 unspecified atom stereocenters. The Balaban J connectivity index is 1.60. The molecule has 1 atom stereocenters. The lowest BCUT2D eigenvalue weighted by Crippen LogP contribution is -2.37. The van der Waals surface area contributed by atoms with Crippen LogP contribution in [-0.4, -0.2) is 65.9 Å². The van der Waals surface area contributed by atoms with Gasteiger partial charge < -0.3 is 9.80 Å². The van der Waals surface area contributed by atoms with Crippen LogP contribution in [0.4, 0.5) is 5.95 Å². The maximum absolute atomic E-state index is 12.8. The van der Waals surface area contributed by atoms with Gasteiger partial charge in [0.15, 0.2) is 0 Å². The van der Waals surface area contributed by atoms with Crippen LogP contribution in [0.2, 0.25) is 0 Å². The third kappa shape index (κ3) is 4.97. The van der Waals surface area contributed by atoms with Crippen molar-refractivity contribution >= 4 is 11.9 Å². The highest BCUT2D eigenvalue weighted by molar-refractivity contribution is 5.93. The number of H-pyrrole nitrogens is 1. The first-order chi connectivity index (χ1) is 12.9. The summed E-state index contributed by atoms with van der Waals surface area (Å²) in [7, 11) is 5.75. The topological polar surface area (TPSA) is 72.5 Å². The molecule has 0 radical (unpaired) electrons. The van der Waals surface area contributed by atoms with Crippen LogP contribution in [0, 0.1) is 0 Å². The van der Waals surface area contributed by atoms with Gasteiger partial charge in [-0.15, -0.1) is 0 Å². The zero-order valence-electron chi connectivity index (χ0n) is 16.7. The number of aromatic amines is 1. The number of anilines is 1. The van der Waals surface area contributed by atoms with Gasteiger partial charge in [0.2, 0.25) is 11.9 Å². The molecule has 2 heterocycles. The maximum Gasteiger partial charge on any atom is 0.252 e. The third-order valence-electron chi connectivity index (χ3n) is 5.51. The van der Waals surface area contributed by atoms with E-state index < -0.39 is 0 Å². The molecule has 1 aliphatic heterocycles. The van der Waals surface area contributed by atoms with Crippen molar-refractivity contribution in [1.29, 1.82) is 0 Å². The predicted octanol–water partition coefficient (Wildman–Crippen LogP) is 1.76. The number of carbonyl (C=O) groups is 1. The molecule has 7 heteroatoms. The van der Waals surface area contributed by atoms with Crippen molar-refractivity contribution in [3.8, 4) is 0 Å². The van der Waals surface area contributed by atoms with Gasteiger partial charge in [0.1, 0.15) is 0 Å². The van der Waals surface area contributed by atoms with E-state index in [-0.39, 0.29) is 11.5 Å². The van der Waals surface area contributed by atoms with Gasteiger partial charge in [-0.2, -0.15) is 0 Å². The number of likely N-dealkylation sites (N-methyl/N-ethyl adjacent to an activating group) is 1. The van der Waals surface area contributed by atoms with Crippen LogP contribution < -0.4 is 10.5 Å². The van der Waals surface area contributed by atoms with Crippen LogP contribution in [-0.2, 0) is 11.3 Å². The Morgan fingerprint density at radius 2 is 2.11 bits per heavy atom. The number of allylic oxidation sites excluding steroid dienone is 1. The molecule has 27 heavy (non-hydrogen) atoms. The summed E-state index contributed by atoms with van der Waals surface area (Å²) in [6.45, 7) is 2.15. The summed E-state index contributed by atoms with van der Waals surface area (Å²) in [6.07, 6.45) is 8.59. The number of amides is 1. The molecule has 2 aliphatic rings. The minimum atomic E-state index is -0.138. The second kappa shape index (κ2) is 8.69. The number of nitrogens with one attached hydrogen (secondary N) is 1. The van der Waals surface area contributed by atoms with Crippen LogP contribution in [0.5, 0.6) is 0 Å². The molecule has 1 aromatic heterocycles. The van der Waals surface area contributed by atoms with E-state index in [0.29, 0.717) is 18.5 Å². The quantitative estimate of drug-likeness (QED) is 0.851. The largest absolute Gasteiger partial charge is 0.348 e. The van der Waals surface area contributed by atoms with Gasteiger partial charge in [-0.05, 0) is 39.2 Å². The lowest BCUT2D eigenvalue weighted by atomic mass is 10.1. The molecule has 148 valence electrons. The fraction of sp³-hybridized carbons (Fsp3) is 0.650. The van der Waals surface area contributed by atoms with E-state index >= 15 is 0 Å². The van der Waals surface area contributed by atoms with Gasteiger partial charge in [0.25, 0.3) is 5.56 Å². The van der Waals surface area contributed by atoms with Crippen molar-refractivity contribution in [3.63, 3.8) is 0 Å². The SMILES string of the molecule is CN(C)c1nc(CN(C)[C@H]2CCN(C(=O)C3=CCCCCC3)C2)cc(=O)[nH]1. The summed E-state index contributed by atoms with van der Waals surface area (Å²) in [5.41, 5.74) is 1.62. The second-order valence-electron chi connectivity index (χ2n) is 7.89. The van der Waals surface area contributed by atoms with Gasteiger partial charge in [0.05, 0.1) is 5.69 Å². The number of carbonyl (C=O) groups excluding carboxylic acids is 1. The van der Waals surface area contributed by atoms with E-state index in [1.54, 1.807) is 11.0 Å². The zero-order valence-corrected chi connectivity index (χ0v) is 16.7. The Morgan fingerprint density at radius 3 is 2.89 bits per heavy atom. The average Bonchev–Trinajstić information content (AvgIpc) is 2.96. The molecule has 0 saturated carbocycles. The van der Waals surface area contributed by atoms with Gasteiger partial charge in [-0.3, -0.25) is 19.5 Å². The molecule has 0 bridgehead atoms. The van der Waals surface area contributed by atoms with Gasteiger partial charge in [-0.25, -0.2) is 4.98 Å². The molecule has 1 fully saturated rings. The predicted molar refractivity (Wildman–Crippen MR) is 107 cm³/mol. The number of hydrogen-bond donors (Lipinski definition) is 1. The Bertz CT molecular complexity index is 755. The first kappa shape index (κ1) is 19.6. The molecular formula is C20H31N5O2. The van der Waals surface area contributed by atoms with E-state index in [4.69, 9.17) is 0 Å². The van der Waals surface area contributed by atoms with Crippen molar-refractivity contribution in [2.24, 2.45) is 0 Å². The van der Waals surface area contributed by atoms with E-state index in [1.807, 2.05) is 26.0 Å². The fourth-order valence-corrected chi connectivity index (χ4v) is 3.87. The number of nitrogens with zero attached hydrogens (tertiary/aromatic N) is 4. The smallest absolute Gasteiger partial charge is 0.252 e. The Kier molecular flexibility index (Phi) is 6.31. The molecular weight excluding hydrogens is 342 g/mol. The van der Waals surface area contributed by atoms with Crippen LogP contribution in [0.3, 0.4) is 0 Å². The summed E-state index contributed by atoms with van der Waals surface area (Å²) in [5.74, 6) is 0.784. The van der Waals surface area contributed by atoms with E-state index in [9.17, 15) is 9.59 Å². The molecule has 1 N–H and O–H groups in total. The lowest BCUT2D eigenvalue weighted by Gasteiger charge is -2.25. The molecule has 1 saturated heterocycles. The summed E-state index contributed by atoms with van der Waals surface area (Å²) in [6, 6.07) is 1.85. The van der Waals surface area contributed by atoms with Crippen molar-refractivity contribution in [2.75, 3.05) is 39.1 Å². The minimum Gasteiger partial charge on any atom is -0.348 e. The highest BCUT2D eigenvalue weighted by Gasteiger charge is 2.30. The van der Waals surface area contributed by atoms with Crippen molar-refractivity contribution in [2.45, 2.75) is 51.1 Å². The van der Waals surface area contributed by atoms with Crippen molar-refractivity contribution < 1.29 is 4.79 Å². The molecule has 7 nitrogen and oxygen atoms in total. The number of likely N-dealkylation sites (tertiary alicyclic amines) is 1. The van der Waals surface area contributed by atoms with E-state index in [1.165, 1.54) is 12.8 Å². The molecule has 1 aliphatic carbocycles. The molecule has 3 rings (SSSR count). The van der Waals surface area contributed by atoms with E-state index in [0.717, 1.165) is 50.0 Å². The summed E-state index contributed by atoms with van der Waals surface area (Å²) in [4.78, 5) is 37.9. The van der Waals surface area contributed by atoms with Crippen LogP contribution in [0.15, 0.2) is 22.5 Å². The molecule has 1 amide bonds. The van der Waals surface area contributed by atoms with Crippen LogP contribution in [0.25, 0.3) is 0 Å². The lowest BCUT2D eigenvalue weighted by molar-refractivity contribution is -0.126. The third-order valence-corrected chi connectivity index (χ3v) is 5.51. The van der Waals surface area contributed by atoms with Gasteiger partial charge >= 0.3 is 0 Å². The molecule has 0 aromatic carbocycles. The number of aromatic nitrogens is 2.